The Balaban J connectivity index is 1.62. The van der Waals surface area contributed by atoms with Crippen molar-refractivity contribution in [2.45, 2.75) is 44.1 Å². The summed E-state index contributed by atoms with van der Waals surface area (Å²) in [7, 11) is 0. The summed E-state index contributed by atoms with van der Waals surface area (Å²) in [4.78, 5) is 9.94. The smallest absolute Gasteiger partial charge is 0.110 e. The van der Waals surface area contributed by atoms with Crippen LogP contribution in [0, 0.1) is 0 Å². The Morgan fingerprint density at radius 2 is 2.11 bits per heavy atom. The average Bonchev–Trinajstić information content (AvgIpc) is 3.20. The molecular formula is C14H22ClN3S. The number of nitrogens with zero attached hydrogens (tertiary/aromatic N) is 3. The van der Waals surface area contributed by atoms with Gasteiger partial charge in [-0.15, -0.1) is 22.9 Å². The third-order valence-corrected chi connectivity index (χ3v) is 5.50. The van der Waals surface area contributed by atoms with E-state index < -0.39 is 0 Å². The molecule has 2 fully saturated rings. The lowest BCUT2D eigenvalue weighted by atomic mass is 10.1. The Labute approximate surface area is 124 Å². The molecule has 5 heteroatoms. The largest absolute Gasteiger partial charge is 0.298 e. The molecule has 1 aliphatic heterocycles. The first-order valence-electron chi connectivity index (χ1n) is 7.30. The van der Waals surface area contributed by atoms with Crippen LogP contribution in [0.25, 0.3) is 0 Å². The van der Waals surface area contributed by atoms with Gasteiger partial charge in [0.25, 0.3) is 0 Å². The maximum atomic E-state index is 5.86. The summed E-state index contributed by atoms with van der Waals surface area (Å²) in [6, 6.07) is 1.40. The van der Waals surface area contributed by atoms with E-state index in [1.807, 2.05) is 0 Å². The zero-order valence-electron chi connectivity index (χ0n) is 11.5. The number of aromatic nitrogens is 1. The predicted octanol–water partition coefficient (Wildman–Crippen LogP) is 3.11. The number of thiazole rings is 1. The van der Waals surface area contributed by atoms with Crippen molar-refractivity contribution in [2.24, 2.45) is 0 Å². The van der Waals surface area contributed by atoms with Gasteiger partial charge in [-0.25, -0.2) is 4.98 Å². The molecule has 2 aliphatic rings. The molecule has 2 heterocycles. The second-order valence-electron chi connectivity index (χ2n) is 5.54. The van der Waals surface area contributed by atoms with Crippen molar-refractivity contribution in [1.29, 1.82) is 0 Å². The quantitative estimate of drug-likeness (QED) is 0.779. The van der Waals surface area contributed by atoms with Crippen molar-refractivity contribution in [1.82, 2.24) is 14.8 Å². The van der Waals surface area contributed by atoms with Gasteiger partial charge < -0.3 is 0 Å². The van der Waals surface area contributed by atoms with Crippen LogP contribution >= 0.6 is 22.9 Å². The second kappa shape index (κ2) is 6.08. The first-order chi connectivity index (χ1) is 9.31. The predicted molar refractivity (Wildman–Crippen MR) is 80.9 cm³/mol. The van der Waals surface area contributed by atoms with Crippen LogP contribution in [0.3, 0.4) is 0 Å². The van der Waals surface area contributed by atoms with Crippen LogP contribution in [0.2, 0.25) is 0 Å². The highest BCUT2D eigenvalue weighted by Crippen LogP contribution is 2.31. The van der Waals surface area contributed by atoms with Gasteiger partial charge in [-0.05, 0) is 19.3 Å². The number of piperazine rings is 1. The minimum absolute atomic E-state index is 0.489. The van der Waals surface area contributed by atoms with Crippen molar-refractivity contribution in [2.75, 3.05) is 26.2 Å². The molecule has 1 aromatic heterocycles. The third-order valence-electron chi connectivity index (χ3n) is 4.23. The Morgan fingerprint density at radius 3 is 2.63 bits per heavy atom. The van der Waals surface area contributed by atoms with E-state index in [9.17, 15) is 0 Å². The van der Waals surface area contributed by atoms with Gasteiger partial charge in [-0.2, -0.15) is 0 Å². The van der Waals surface area contributed by atoms with Gasteiger partial charge in [0.1, 0.15) is 5.01 Å². The molecule has 3 nitrogen and oxygen atoms in total. The molecule has 0 amide bonds. The topological polar surface area (TPSA) is 19.4 Å². The van der Waals surface area contributed by atoms with Crippen LogP contribution in [0.15, 0.2) is 5.38 Å². The fourth-order valence-corrected chi connectivity index (χ4v) is 4.24. The molecule has 3 rings (SSSR count). The van der Waals surface area contributed by atoms with E-state index in [2.05, 4.69) is 27.1 Å². The number of rotatable bonds is 5. The summed E-state index contributed by atoms with van der Waals surface area (Å²) in [6.07, 6.45) is 3.98. The van der Waals surface area contributed by atoms with Crippen molar-refractivity contribution in [3.63, 3.8) is 0 Å². The lowest BCUT2D eigenvalue weighted by molar-refractivity contribution is 0.0891. The van der Waals surface area contributed by atoms with E-state index in [0.717, 1.165) is 18.2 Å². The molecule has 1 saturated heterocycles. The van der Waals surface area contributed by atoms with Crippen LogP contribution in [-0.4, -0.2) is 47.0 Å². The molecule has 106 valence electrons. The standard InChI is InChI=1S/C14H22ClN3S/c1-2-13(14-16-11(9-15)10-19-14)18-7-5-17(6-8-18)12-3-4-12/h10,12-13H,2-9H2,1H3. The minimum Gasteiger partial charge on any atom is -0.298 e. The number of alkyl halides is 1. The van der Waals surface area contributed by atoms with Gasteiger partial charge in [0.05, 0.1) is 17.6 Å². The highest BCUT2D eigenvalue weighted by molar-refractivity contribution is 7.09. The van der Waals surface area contributed by atoms with Crippen molar-refractivity contribution in [3.8, 4) is 0 Å². The lowest BCUT2D eigenvalue weighted by Gasteiger charge is -2.38. The summed E-state index contributed by atoms with van der Waals surface area (Å²) in [5.74, 6) is 0.530. The third kappa shape index (κ3) is 3.13. The summed E-state index contributed by atoms with van der Waals surface area (Å²) >= 11 is 7.63. The van der Waals surface area contributed by atoms with Crippen LogP contribution in [-0.2, 0) is 5.88 Å². The van der Waals surface area contributed by atoms with Crippen LogP contribution in [0.5, 0.6) is 0 Å². The molecule has 19 heavy (non-hydrogen) atoms. The van der Waals surface area contributed by atoms with E-state index in [1.54, 1.807) is 11.3 Å². The first kappa shape index (κ1) is 13.8. The molecular weight excluding hydrogens is 278 g/mol. The van der Waals surface area contributed by atoms with Crippen molar-refractivity contribution >= 4 is 22.9 Å². The summed E-state index contributed by atoms with van der Waals surface area (Å²) in [6.45, 7) is 7.10. The number of hydrogen-bond donors (Lipinski definition) is 0. The molecule has 0 aromatic carbocycles. The molecule has 1 aromatic rings. The highest BCUT2D eigenvalue weighted by atomic mass is 35.5. The fraction of sp³-hybridized carbons (Fsp3) is 0.786. The average molecular weight is 300 g/mol. The molecule has 0 radical (unpaired) electrons. The Bertz CT molecular complexity index is 411. The fourth-order valence-electron chi connectivity index (χ4n) is 2.98. The lowest BCUT2D eigenvalue weighted by Crippen LogP contribution is -2.48. The molecule has 0 bridgehead atoms. The highest BCUT2D eigenvalue weighted by Gasteiger charge is 2.33. The van der Waals surface area contributed by atoms with Crippen LogP contribution in [0.1, 0.15) is 42.9 Å². The first-order valence-corrected chi connectivity index (χ1v) is 8.71. The number of halogens is 1. The molecule has 1 saturated carbocycles. The monoisotopic (exact) mass is 299 g/mol. The molecule has 1 unspecified atom stereocenters. The van der Waals surface area contributed by atoms with Crippen molar-refractivity contribution < 1.29 is 0 Å². The Kier molecular flexibility index (Phi) is 4.42. The minimum atomic E-state index is 0.489. The SMILES string of the molecule is CCC(c1nc(CCl)cs1)N1CCN(C2CC2)CC1. The summed E-state index contributed by atoms with van der Waals surface area (Å²) in [5.41, 5.74) is 1.02. The van der Waals surface area contributed by atoms with Gasteiger partial charge in [-0.1, -0.05) is 6.92 Å². The van der Waals surface area contributed by atoms with E-state index >= 15 is 0 Å². The van der Waals surface area contributed by atoms with Gasteiger partial charge in [-0.3, -0.25) is 9.80 Å². The molecule has 0 N–H and O–H groups in total. The second-order valence-corrected chi connectivity index (χ2v) is 6.69. The normalized spacial score (nSPS) is 23.7. The zero-order chi connectivity index (χ0) is 13.2. The summed E-state index contributed by atoms with van der Waals surface area (Å²) in [5, 5.41) is 3.35. The van der Waals surface area contributed by atoms with Crippen LogP contribution < -0.4 is 0 Å². The van der Waals surface area contributed by atoms with Gasteiger partial charge in [0.2, 0.25) is 0 Å². The van der Waals surface area contributed by atoms with Gasteiger partial charge in [0.15, 0.2) is 0 Å². The molecule has 1 aliphatic carbocycles. The Morgan fingerprint density at radius 1 is 1.37 bits per heavy atom. The maximum absolute atomic E-state index is 5.86. The van der Waals surface area contributed by atoms with E-state index in [-0.39, 0.29) is 0 Å². The van der Waals surface area contributed by atoms with Crippen LogP contribution in [0.4, 0.5) is 0 Å². The van der Waals surface area contributed by atoms with Gasteiger partial charge >= 0.3 is 0 Å². The van der Waals surface area contributed by atoms with E-state index in [0.29, 0.717) is 11.9 Å². The Hall–Kier alpha value is -0.160. The molecule has 0 spiro atoms. The van der Waals surface area contributed by atoms with E-state index in [1.165, 1.54) is 44.0 Å². The molecule has 1 atom stereocenters. The van der Waals surface area contributed by atoms with E-state index in [4.69, 9.17) is 11.6 Å². The van der Waals surface area contributed by atoms with Crippen molar-refractivity contribution in [3.05, 3.63) is 16.1 Å². The zero-order valence-corrected chi connectivity index (χ0v) is 13.1. The number of hydrogen-bond acceptors (Lipinski definition) is 4. The van der Waals surface area contributed by atoms with Gasteiger partial charge in [0, 0.05) is 37.6 Å². The maximum Gasteiger partial charge on any atom is 0.110 e. The summed E-state index contributed by atoms with van der Waals surface area (Å²) < 4.78 is 0.